The fourth-order valence-corrected chi connectivity index (χ4v) is 2.10. The van der Waals surface area contributed by atoms with Gasteiger partial charge in [0, 0.05) is 6.54 Å². The molecule has 0 aliphatic heterocycles. The van der Waals surface area contributed by atoms with Crippen molar-refractivity contribution >= 4 is 10.0 Å². The van der Waals surface area contributed by atoms with E-state index in [1.165, 1.54) is 0 Å². The van der Waals surface area contributed by atoms with Gasteiger partial charge in [-0.15, -0.1) is 0 Å². The molecule has 1 heterocycles. The minimum atomic E-state index is -5.18. The lowest BCUT2D eigenvalue weighted by Crippen LogP contribution is -2.22. The molecule has 0 saturated carbocycles. The first-order valence-corrected chi connectivity index (χ1v) is 6.15. The highest BCUT2D eigenvalue weighted by Gasteiger charge is 2.40. The predicted molar refractivity (Wildman–Crippen MR) is 53.5 cm³/mol. The molecule has 1 rings (SSSR count). The number of pyridine rings is 1. The number of alkyl halides is 5. The number of hydrogen-bond acceptors (Lipinski definition) is 4. The van der Waals surface area contributed by atoms with Crippen molar-refractivity contribution in [2.24, 2.45) is 10.9 Å². The molecule has 0 spiro atoms. The Balaban J connectivity index is 3.82. The molecule has 5 nitrogen and oxygen atoms in total. The van der Waals surface area contributed by atoms with Gasteiger partial charge >= 0.3 is 6.18 Å². The third-order valence-corrected chi connectivity index (χ3v) is 2.93. The van der Waals surface area contributed by atoms with Gasteiger partial charge in [-0.05, 0) is 6.07 Å². The van der Waals surface area contributed by atoms with Crippen LogP contribution in [0, 0.1) is 0 Å². The van der Waals surface area contributed by atoms with Gasteiger partial charge in [-0.2, -0.15) is 13.2 Å². The largest absolute Gasteiger partial charge is 0.417 e. The van der Waals surface area contributed by atoms with Crippen LogP contribution in [-0.2, 0) is 22.7 Å². The summed E-state index contributed by atoms with van der Waals surface area (Å²) in [5.41, 5.74) is 0.945. The fraction of sp³-hybridized carbons (Fsp3) is 0.375. The van der Waals surface area contributed by atoms with Crippen molar-refractivity contribution in [3.8, 4) is 0 Å². The normalized spacial score (nSPS) is 13.1. The van der Waals surface area contributed by atoms with Crippen LogP contribution in [0.2, 0.25) is 0 Å². The summed E-state index contributed by atoms with van der Waals surface area (Å²) < 4.78 is 85.5. The van der Waals surface area contributed by atoms with E-state index in [1.807, 2.05) is 0 Å². The van der Waals surface area contributed by atoms with Gasteiger partial charge in [0.1, 0.15) is 0 Å². The first-order valence-electron chi connectivity index (χ1n) is 4.60. The van der Waals surface area contributed by atoms with E-state index in [1.54, 1.807) is 0 Å². The molecular weight excluding hydrogens is 297 g/mol. The van der Waals surface area contributed by atoms with Crippen molar-refractivity contribution in [3.05, 3.63) is 22.9 Å². The van der Waals surface area contributed by atoms with Gasteiger partial charge in [0.25, 0.3) is 16.4 Å². The van der Waals surface area contributed by atoms with Crippen LogP contribution in [0.3, 0.4) is 0 Å². The molecule has 11 heteroatoms. The third-order valence-electron chi connectivity index (χ3n) is 2.08. The van der Waals surface area contributed by atoms with Gasteiger partial charge in [-0.1, -0.05) is 0 Å². The monoisotopic (exact) mass is 305 g/mol. The topological polar surface area (TPSA) is 99.1 Å². The highest BCUT2D eigenvalue weighted by molar-refractivity contribution is 7.89. The molecule has 0 amide bonds. The van der Waals surface area contributed by atoms with E-state index in [4.69, 9.17) is 5.73 Å². The molecule has 0 saturated heterocycles. The summed E-state index contributed by atoms with van der Waals surface area (Å²) in [5.74, 6) is 0. The molecule has 0 aromatic carbocycles. The Bertz CT molecular complexity index is 585. The lowest BCUT2D eigenvalue weighted by Gasteiger charge is -2.16. The van der Waals surface area contributed by atoms with E-state index in [2.05, 4.69) is 10.1 Å². The van der Waals surface area contributed by atoms with Crippen LogP contribution in [0.5, 0.6) is 0 Å². The second-order valence-electron chi connectivity index (χ2n) is 3.43. The molecular formula is C8H8F5N3O2S. The summed E-state index contributed by atoms with van der Waals surface area (Å²) in [7, 11) is -4.84. The van der Waals surface area contributed by atoms with E-state index in [9.17, 15) is 30.4 Å². The zero-order chi connectivity index (χ0) is 15.0. The molecule has 0 atom stereocenters. The van der Waals surface area contributed by atoms with Crippen molar-refractivity contribution in [2.75, 3.05) is 0 Å². The van der Waals surface area contributed by atoms with Crippen molar-refractivity contribution < 1.29 is 30.4 Å². The maximum atomic E-state index is 12.7. The molecule has 0 fully saturated rings. The summed E-state index contributed by atoms with van der Waals surface area (Å²) in [6.07, 6.45) is -8.89. The smallest absolute Gasteiger partial charge is 0.325 e. The van der Waals surface area contributed by atoms with Crippen LogP contribution in [0.25, 0.3) is 0 Å². The number of rotatable bonds is 3. The summed E-state index contributed by atoms with van der Waals surface area (Å²) in [6.45, 7) is -0.560. The first-order chi connectivity index (χ1) is 8.48. The summed E-state index contributed by atoms with van der Waals surface area (Å²) in [6, 6.07) is 0.274. The van der Waals surface area contributed by atoms with Gasteiger partial charge in [0.15, 0.2) is 5.03 Å². The lowest BCUT2D eigenvalue weighted by molar-refractivity contribution is -0.140. The average molecular weight is 305 g/mol. The highest BCUT2D eigenvalue weighted by atomic mass is 32.2. The minimum absolute atomic E-state index is 0.274. The van der Waals surface area contributed by atoms with Crippen molar-refractivity contribution in [1.82, 2.24) is 4.98 Å². The molecule has 0 radical (unpaired) electrons. The number of aromatic nitrogens is 1. The van der Waals surface area contributed by atoms with Gasteiger partial charge in [0.2, 0.25) is 0 Å². The quantitative estimate of drug-likeness (QED) is 0.818. The zero-order valence-corrected chi connectivity index (χ0v) is 9.89. The number of primary sulfonamides is 1. The molecule has 1 aromatic heterocycles. The number of nitrogens with two attached hydrogens (primary N) is 2. The van der Waals surface area contributed by atoms with Crippen LogP contribution in [0.15, 0.2) is 11.1 Å². The molecule has 0 unspecified atom stereocenters. The standard InChI is InChI=1S/C8H8F5N3O2S/c9-6(10)5-4(8(11,12)13)1-3(2-14)16-7(5)19(15,17)18/h1,6H,2,14H2,(H2,15,17,18). The Morgan fingerprint density at radius 3 is 2.16 bits per heavy atom. The number of sulfonamides is 1. The lowest BCUT2D eigenvalue weighted by atomic mass is 10.1. The van der Waals surface area contributed by atoms with Gasteiger partial charge in [-0.3, -0.25) is 0 Å². The second kappa shape index (κ2) is 4.98. The molecule has 0 aliphatic carbocycles. The van der Waals surface area contributed by atoms with E-state index in [0.717, 1.165) is 0 Å². The van der Waals surface area contributed by atoms with E-state index >= 15 is 0 Å². The Labute approximate surface area is 104 Å². The fourth-order valence-electron chi connectivity index (χ4n) is 1.35. The maximum absolute atomic E-state index is 12.7. The summed E-state index contributed by atoms with van der Waals surface area (Å²) >= 11 is 0. The predicted octanol–water partition coefficient (Wildman–Crippen LogP) is 1.14. The van der Waals surface area contributed by atoms with Crippen LogP contribution >= 0.6 is 0 Å². The van der Waals surface area contributed by atoms with Crippen molar-refractivity contribution in [2.45, 2.75) is 24.2 Å². The minimum Gasteiger partial charge on any atom is -0.325 e. The Morgan fingerprint density at radius 2 is 1.84 bits per heavy atom. The van der Waals surface area contributed by atoms with Gasteiger partial charge < -0.3 is 5.73 Å². The maximum Gasteiger partial charge on any atom is 0.417 e. The summed E-state index contributed by atoms with van der Waals surface area (Å²) in [5, 5.41) is 3.08. The van der Waals surface area contributed by atoms with Gasteiger partial charge in [-0.25, -0.2) is 27.3 Å². The number of halogens is 5. The van der Waals surface area contributed by atoms with Crippen LogP contribution < -0.4 is 10.9 Å². The van der Waals surface area contributed by atoms with E-state index in [-0.39, 0.29) is 6.07 Å². The van der Waals surface area contributed by atoms with Crippen molar-refractivity contribution in [3.63, 3.8) is 0 Å². The van der Waals surface area contributed by atoms with Gasteiger partial charge in [0.05, 0.1) is 16.8 Å². The molecule has 4 N–H and O–H groups in total. The molecule has 0 bridgehead atoms. The summed E-state index contributed by atoms with van der Waals surface area (Å²) in [4.78, 5) is 3.14. The molecule has 1 aromatic rings. The number of hydrogen-bond donors (Lipinski definition) is 2. The zero-order valence-electron chi connectivity index (χ0n) is 9.08. The molecule has 19 heavy (non-hydrogen) atoms. The van der Waals surface area contributed by atoms with Crippen LogP contribution in [0.1, 0.15) is 23.2 Å². The SMILES string of the molecule is NCc1cc(C(F)(F)F)c(C(F)F)c(S(N)(=O)=O)n1. The first kappa shape index (κ1) is 15.7. The third kappa shape index (κ3) is 3.36. The van der Waals surface area contributed by atoms with Crippen molar-refractivity contribution in [1.29, 1.82) is 0 Å². The van der Waals surface area contributed by atoms with Crippen LogP contribution in [-0.4, -0.2) is 13.4 Å². The highest BCUT2D eigenvalue weighted by Crippen LogP contribution is 2.39. The Hall–Kier alpha value is -1.33. The molecule has 108 valence electrons. The van der Waals surface area contributed by atoms with Crippen LogP contribution in [0.4, 0.5) is 22.0 Å². The van der Waals surface area contributed by atoms with E-state index < -0.39 is 51.0 Å². The Kier molecular flexibility index (Phi) is 4.12. The number of nitrogens with zero attached hydrogens (tertiary/aromatic N) is 1. The molecule has 0 aliphatic rings. The average Bonchev–Trinajstić information content (AvgIpc) is 2.24. The Morgan fingerprint density at radius 1 is 1.32 bits per heavy atom. The van der Waals surface area contributed by atoms with E-state index in [0.29, 0.717) is 0 Å². The second-order valence-corrected chi connectivity index (χ2v) is 4.90.